The summed E-state index contributed by atoms with van der Waals surface area (Å²) >= 11 is 0. The lowest BCUT2D eigenvalue weighted by molar-refractivity contribution is 0.368. The van der Waals surface area contributed by atoms with Crippen LogP contribution in [0.4, 0.5) is 0 Å². The Kier molecular flexibility index (Phi) is 5.07. The minimum Gasteiger partial charge on any atom is -0.309 e. The molecule has 128 valence electrons. The Morgan fingerprint density at radius 3 is 2.50 bits per heavy atom. The van der Waals surface area contributed by atoms with Crippen molar-refractivity contribution in [3.63, 3.8) is 0 Å². The molecule has 0 bridgehead atoms. The van der Waals surface area contributed by atoms with Crippen molar-refractivity contribution in [3.05, 3.63) is 59.7 Å². The second kappa shape index (κ2) is 7.08. The zero-order valence-corrected chi connectivity index (χ0v) is 15.2. The van der Waals surface area contributed by atoms with Gasteiger partial charge < -0.3 is 4.90 Å². The van der Waals surface area contributed by atoms with E-state index in [9.17, 15) is 8.42 Å². The fraction of sp³-hybridized carbons (Fsp3) is 0.400. The topological polar surface area (TPSA) is 37.4 Å². The number of rotatable bonds is 5. The number of aryl methyl sites for hydroxylation is 1. The molecule has 1 aliphatic carbocycles. The second-order valence-electron chi connectivity index (χ2n) is 6.86. The van der Waals surface area contributed by atoms with Crippen LogP contribution in [0.3, 0.4) is 0 Å². The molecule has 2 aromatic rings. The Bertz CT molecular complexity index is 798. The van der Waals surface area contributed by atoms with Crippen molar-refractivity contribution in [1.29, 1.82) is 0 Å². The molecule has 24 heavy (non-hydrogen) atoms. The lowest BCUT2D eigenvalue weighted by Crippen LogP contribution is -2.19. The highest BCUT2D eigenvalue weighted by molar-refractivity contribution is 7.91. The third-order valence-electron chi connectivity index (χ3n) is 4.84. The van der Waals surface area contributed by atoms with Crippen LogP contribution in [0.15, 0.2) is 58.3 Å². The maximum atomic E-state index is 12.8. The van der Waals surface area contributed by atoms with Gasteiger partial charge in [0.15, 0.2) is 0 Å². The molecule has 3 nitrogen and oxygen atoms in total. The minimum absolute atomic E-state index is 0.366. The van der Waals surface area contributed by atoms with E-state index < -0.39 is 9.84 Å². The Hall–Kier alpha value is -1.65. The number of sulfone groups is 1. The molecule has 0 aliphatic heterocycles. The highest BCUT2D eigenvalue weighted by Crippen LogP contribution is 2.36. The van der Waals surface area contributed by atoms with Crippen molar-refractivity contribution >= 4 is 9.84 Å². The molecule has 0 radical (unpaired) electrons. The number of nitrogens with zero attached hydrogens (tertiary/aromatic N) is 1. The number of hydrogen-bond acceptors (Lipinski definition) is 3. The highest BCUT2D eigenvalue weighted by atomic mass is 32.2. The van der Waals surface area contributed by atoms with Crippen molar-refractivity contribution < 1.29 is 8.42 Å². The molecule has 0 saturated carbocycles. The first-order valence-corrected chi connectivity index (χ1v) is 10.0. The molecule has 1 atom stereocenters. The first kappa shape index (κ1) is 17.2. The van der Waals surface area contributed by atoms with Gasteiger partial charge in [-0.1, -0.05) is 24.3 Å². The van der Waals surface area contributed by atoms with Crippen LogP contribution in [0.25, 0.3) is 0 Å². The summed E-state index contributed by atoms with van der Waals surface area (Å²) in [7, 11) is 0.769. The summed E-state index contributed by atoms with van der Waals surface area (Å²) < 4.78 is 25.6. The van der Waals surface area contributed by atoms with E-state index in [-0.39, 0.29) is 0 Å². The summed E-state index contributed by atoms with van der Waals surface area (Å²) in [6, 6.07) is 14.4. The summed E-state index contributed by atoms with van der Waals surface area (Å²) in [4.78, 5) is 2.99. The molecular formula is C20H25NO2S. The van der Waals surface area contributed by atoms with Crippen LogP contribution in [-0.2, 0) is 16.3 Å². The van der Waals surface area contributed by atoms with Gasteiger partial charge in [0.1, 0.15) is 0 Å². The Balaban J connectivity index is 1.91. The van der Waals surface area contributed by atoms with Gasteiger partial charge in [0, 0.05) is 0 Å². The maximum Gasteiger partial charge on any atom is 0.206 e. The highest BCUT2D eigenvalue weighted by Gasteiger charge is 2.24. The predicted molar refractivity (Wildman–Crippen MR) is 97.2 cm³/mol. The largest absolute Gasteiger partial charge is 0.309 e. The third-order valence-corrected chi connectivity index (χ3v) is 6.61. The first-order chi connectivity index (χ1) is 11.5. The standard InChI is InChI=1S/C20H25NO2S/c1-21(2)14-13-16-7-6-8-17-15-19(11-12-20(16)17)24(22,23)18-9-4-3-5-10-18/h3-5,9-12,15-16H,6-8,13-14H2,1-2H3. The van der Waals surface area contributed by atoms with Gasteiger partial charge in [0.2, 0.25) is 9.84 Å². The van der Waals surface area contributed by atoms with Crippen LogP contribution in [0.1, 0.15) is 36.3 Å². The monoisotopic (exact) mass is 343 g/mol. The van der Waals surface area contributed by atoms with E-state index in [2.05, 4.69) is 19.0 Å². The average Bonchev–Trinajstić information content (AvgIpc) is 2.60. The summed E-state index contributed by atoms with van der Waals surface area (Å²) in [5.41, 5.74) is 2.55. The molecule has 1 unspecified atom stereocenters. The quantitative estimate of drug-likeness (QED) is 0.826. The van der Waals surface area contributed by atoms with Gasteiger partial charge >= 0.3 is 0 Å². The van der Waals surface area contributed by atoms with Gasteiger partial charge in [0.25, 0.3) is 0 Å². The van der Waals surface area contributed by atoms with Crippen LogP contribution < -0.4 is 0 Å². The lowest BCUT2D eigenvalue weighted by atomic mass is 9.81. The summed E-state index contributed by atoms with van der Waals surface area (Å²) in [6.45, 7) is 1.06. The van der Waals surface area contributed by atoms with Crippen LogP contribution >= 0.6 is 0 Å². The second-order valence-corrected chi connectivity index (χ2v) is 8.81. The fourth-order valence-corrected chi connectivity index (χ4v) is 4.84. The molecule has 0 amide bonds. The van der Waals surface area contributed by atoms with E-state index in [0.717, 1.165) is 25.8 Å². The molecule has 4 heteroatoms. The van der Waals surface area contributed by atoms with Crippen molar-refractivity contribution in [3.8, 4) is 0 Å². The zero-order valence-electron chi connectivity index (χ0n) is 14.4. The van der Waals surface area contributed by atoms with Crippen molar-refractivity contribution in [2.75, 3.05) is 20.6 Å². The zero-order chi connectivity index (χ0) is 17.2. The summed E-state index contributed by atoms with van der Waals surface area (Å²) in [5, 5.41) is 0. The molecule has 2 aromatic carbocycles. The van der Waals surface area contributed by atoms with Gasteiger partial charge in [-0.25, -0.2) is 8.42 Å². The molecule has 0 heterocycles. The molecule has 0 fully saturated rings. The maximum absolute atomic E-state index is 12.8. The SMILES string of the molecule is CN(C)CCC1CCCc2cc(S(=O)(=O)c3ccccc3)ccc21. The van der Waals surface area contributed by atoms with Crippen LogP contribution in [-0.4, -0.2) is 34.0 Å². The minimum atomic E-state index is -3.42. The third kappa shape index (κ3) is 3.55. The molecule has 0 spiro atoms. The van der Waals surface area contributed by atoms with Gasteiger partial charge in [-0.05, 0) is 87.6 Å². The van der Waals surface area contributed by atoms with Crippen molar-refractivity contribution in [2.45, 2.75) is 41.4 Å². The molecule has 0 aromatic heterocycles. The van der Waals surface area contributed by atoms with Gasteiger partial charge in [-0.3, -0.25) is 0 Å². The number of fused-ring (bicyclic) bond motifs is 1. The Morgan fingerprint density at radius 2 is 1.79 bits per heavy atom. The van der Waals surface area contributed by atoms with E-state index in [0.29, 0.717) is 15.7 Å². The Labute approximate surface area is 145 Å². The van der Waals surface area contributed by atoms with Crippen molar-refractivity contribution in [2.24, 2.45) is 0 Å². The number of hydrogen-bond donors (Lipinski definition) is 0. The molecule has 3 rings (SSSR count). The normalized spacial score (nSPS) is 17.7. The lowest BCUT2D eigenvalue weighted by Gasteiger charge is -2.27. The van der Waals surface area contributed by atoms with Crippen LogP contribution in [0, 0.1) is 0 Å². The fourth-order valence-electron chi connectivity index (χ4n) is 3.51. The van der Waals surface area contributed by atoms with Crippen LogP contribution in [0.5, 0.6) is 0 Å². The smallest absolute Gasteiger partial charge is 0.206 e. The predicted octanol–water partition coefficient (Wildman–Crippen LogP) is 3.89. The molecule has 0 saturated heterocycles. The summed E-state index contributed by atoms with van der Waals surface area (Å²) in [6.07, 6.45) is 4.45. The average molecular weight is 343 g/mol. The van der Waals surface area contributed by atoms with E-state index in [1.54, 1.807) is 30.3 Å². The molecule has 1 aliphatic rings. The van der Waals surface area contributed by atoms with E-state index in [1.807, 2.05) is 18.2 Å². The Morgan fingerprint density at radius 1 is 1.04 bits per heavy atom. The number of benzene rings is 2. The summed E-state index contributed by atoms with van der Waals surface area (Å²) in [5.74, 6) is 0.546. The van der Waals surface area contributed by atoms with Gasteiger partial charge in [-0.15, -0.1) is 0 Å². The molecular weight excluding hydrogens is 318 g/mol. The first-order valence-electron chi connectivity index (χ1n) is 8.56. The van der Waals surface area contributed by atoms with E-state index in [4.69, 9.17) is 0 Å². The van der Waals surface area contributed by atoms with Crippen LogP contribution in [0.2, 0.25) is 0 Å². The van der Waals surface area contributed by atoms with E-state index >= 15 is 0 Å². The van der Waals surface area contributed by atoms with Crippen molar-refractivity contribution in [1.82, 2.24) is 4.90 Å². The van der Waals surface area contributed by atoms with Gasteiger partial charge in [0.05, 0.1) is 9.79 Å². The van der Waals surface area contributed by atoms with Gasteiger partial charge in [-0.2, -0.15) is 0 Å². The van der Waals surface area contributed by atoms with E-state index in [1.165, 1.54) is 17.5 Å². The molecule has 0 N–H and O–H groups in total.